The second-order valence-electron chi connectivity index (χ2n) is 18.3. The molecular formula is C45H47B2N. The summed E-state index contributed by atoms with van der Waals surface area (Å²) in [6.07, 6.45) is 0. The van der Waals surface area contributed by atoms with Gasteiger partial charge in [-0.1, -0.05) is 159 Å². The first-order valence-electron chi connectivity index (χ1n) is 18.0. The molecule has 0 aliphatic carbocycles. The van der Waals surface area contributed by atoms with E-state index in [2.05, 4.69) is 166 Å². The third-order valence-corrected chi connectivity index (χ3v) is 12.5. The molecule has 4 aliphatic rings. The van der Waals surface area contributed by atoms with Crippen LogP contribution in [0.3, 0.4) is 0 Å². The molecule has 0 bridgehead atoms. The fourth-order valence-electron chi connectivity index (χ4n) is 9.94. The van der Waals surface area contributed by atoms with E-state index in [9.17, 15) is 0 Å². The summed E-state index contributed by atoms with van der Waals surface area (Å²) in [5.41, 5.74) is 22.9. The fourth-order valence-corrected chi connectivity index (χ4v) is 9.94. The Balaban J connectivity index is 1.50. The summed E-state index contributed by atoms with van der Waals surface area (Å²) >= 11 is 0. The Bertz CT molecular complexity index is 2090. The van der Waals surface area contributed by atoms with Crippen LogP contribution in [-0.4, -0.2) is 13.4 Å². The van der Waals surface area contributed by atoms with Gasteiger partial charge in [-0.25, -0.2) is 0 Å². The Morgan fingerprint density at radius 2 is 0.896 bits per heavy atom. The summed E-state index contributed by atoms with van der Waals surface area (Å²) in [4.78, 5) is 2.74. The first-order valence-corrected chi connectivity index (χ1v) is 18.0. The van der Waals surface area contributed by atoms with Crippen molar-refractivity contribution in [3.63, 3.8) is 0 Å². The van der Waals surface area contributed by atoms with Gasteiger partial charge in [0.25, 0.3) is 0 Å². The Morgan fingerprint density at radius 1 is 0.500 bits per heavy atom. The molecule has 0 radical (unpaired) electrons. The molecule has 0 atom stereocenters. The van der Waals surface area contributed by atoms with Crippen LogP contribution in [0.5, 0.6) is 0 Å². The van der Waals surface area contributed by atoms with Gasteiger partial charge in [-0.3, -0.25) is 0 Å². The lowest BCUT2D eigenvalue weighted by molar-refractivity contribution is 0.582. The molecule has 0 saturated carbocycles. The Labute approximate surface area is 289 Å². The van der Waals surface area contributed by atoms with Gasteiger partial charge in [0.15, 0.2) is 0 Å². The Kier molecular flexibility index (Phi) is 5.76. The van der Waals surface area contributed by atoms with E-state index in [1.807, 2.05) is 0 Å². The second kappa shape index (κ2) is 9.17. The van der Waals surface area contributed by atoms with E-state index >= 15 is 0 Å². The largest absolute Gasteiger partial charge is 0.312 e. The molecular weight excluding hydrogens is 576 g/mol. The van der Waals surface area contributed by atoms with Gasteiger partial charge in [-0.2, -0.15) is 0 Å². The SMILES string of the molecule is Cc1cc2c3c(c1)B1c4ccccc4C(C)(C)c4cc(C(C)(C)C)cc(c41)N3c1cc(C(C)(C)C)cc3c1B2c1ccccc1C3(C)C. The molecule has 0 saturated heterocycles. The average Bonchev–Trinajstić information content (AvgIpc) is 3.02. The predicted octanol–water partition coefficient (Wildman–Crippen LogP) is 7.00. The van der Waals surface area contributed by atoms with Crippen LogP contribution in [0, 0.1) is 6.92 Å². The Hall–Kier alpha value is -3.97. The van der Waals surface area contributed by atoms with Gasteiger partial charge in [-0.05, 0) is 85.1 Å². The van der Waals surface area contributed by atoms with Crippen LogP contribution in [0.2, 0.25) is 0 Å². The Morgan fingerprint density at radius 3 is 1.29 bits per heavy atom. The molecule has 3 heteroatoms. The summed E-state index contributed by atoms with van der Waals surface area (Å²) in [5, 5.41) is 0. The van der Waals surface area contributed by atoms with Gasteiger partial charge in [0.1, 0.15) is 0 Å². The van der Waals surface area contributed by atoms with Crippen molar-refractivity contribution >= 4 is 63.3 Å². The smallest absolute Gasteiger partial charge is 0.247 e. The molecule has 5 aromatic rings. The normalized spacial score (nSPS) is 17.3. The lowest BCUT2D eigenvalue weighted by Crippen LogP contribution is -2.70. The molecule has 0 spiro atoms. The van der Waals surface area contributed by atoms with Gasteiger partial charge < -0.3 is 4.90 Å². The average molecular weight is 624 g/mol. The summed E-state index contributed by atoms with van der Waals surface area (Å²) < 4.78 is 0. The number of hydrogen-bond donors (Lipinski definition) is 0. The van der Waals surface area contributed by atoms with Crippen molar-refractivity contribution in [1.29, 1.82) is 0 Å². The van der Waals surface area contributed by atoms with Gasteiger partial charge >= 0.3 is 0 Å². The first kappa shape index (κ1) is 30.1. The lowest BCUT2D eigenvalue weighted by atomic mass is 9.26. The van der Waals surface area contributed by atoms with Gasteiger partial charge in [0.2, 0.25) is 13.4 Å². The number of benzene rings is 5. The van der Waals surface area contributed by atoms with Crippen LogP contribution in [0.4, 0.5) is 17.1 Å². The molecule has 0 aromatic heterocycles. The standard InChI is InChI=1S/C45H47B2N/c1-26-20-35-41-36(21-26)47-34-19-15-13-17-30(34)45(10,11)32-23-28(43(5,6)7)25-38(40(32)47)48(41)37-24-27(42(2,3)4)22-31-39(37)46(35)33-18-14-12-16-29(33)44(31,8)9/h12-25H,1-11H3. The van der Waals surface area contributed by atoms with Crippen molar-refractivity contribution in [3.05, 3.63) is 124 Å². The number of anilines is 3. The lowest BCUT2D eigenvalue weighted by Gasteiger charge is -2.51. The van der Waals surface area contributed by atoms with Gasteiger partial charge in [0.05, 0.1) is 0 Å². The van der Waals surface area contributed by atoms with Crippen molar-refractivity contribution in [2.24, 2.45) is 0 Å². The zero-order valence-corrected chi connectivity index (χ0v) is 30.7. The molecule has 9 rings (SSSR count). The van der Waals surface area contributed by atoms with E-state index in [4.69, 9.17) is 0 Å². The summed E-state index contributed by atoms with van der Waals surface area (Å²) in [6, 6.07) is 33.9. The number of nitrogens with zero attached hydrogens (tertiary/aromatic N) is 1. The van der Waals surface area contributed by atoms with Crippen LogP contribution in [0.15, 0.2) is 84.9 Å². The van der Waals surface area contributed by atoms with Crippen molar-refractivity contribution < 1.29 is 0 Å². The molecule has 1 nitrogen and oxygen atoms in total. The minimum atomic E-state index is -0.117. The molecule has 0 unspecified atom stereocenters. The number of fused-ring (bicyclic) bond motifs is 8. The van der Waals surface area contributed by atoms with E-state index in [0.29, 0.717) is 0 Å². The summed E-state index contributed by atoms with van der Waals surface area (Å²) in [5.74, 6) is 0. The van der Waals surface area contributed by atoms with Crippen LogP contribution < -0.4 is 37.7 Å². The highest BCUT2D eigenvalue weighted by Crippen LogP contribution is 2.48. The third kappa shape index (κ3) is 3.71. The monoisotopic (exact) mass is 623 g/mol. The van der Waals surface area contributed by atoms with Gasteiger partial charge in [-0.15, -0.1) is 0 Å². The highest BCUT2D eigenvalue weighted by Gasteiger charge is 2.52. The zero-order valence-electron chi connectivity index (χ0n) is 30.7. The van der Waals surface area contributed by atoms with Crippen molar-refractivity contribution in [1.82, 2.24) is 0 Å². The van der Waals surface area contributed by atoms with Crippen molar-refractivity contribution in [3.8, 4) is 0 Å². The molecule has 0 N–H and O–H groups in total. The maximum Gasteiger partial charge on any atom is 0.247 e. The minimum absolute atomic E-state index is 0.0103. The maximum absolute atomic E-state index is 2.74. The van der Waals surface area contributed by atoms with Crippen LogP contribution in [0.1, 0.15) is 108 Å². The topological polar surface area (TPSA) is 3.24 Å². The highest BCUT2D eigenvalue weighted by molar-refractivity contribution is 7.03. The molecule has 238 valence electrons. The van der Waals surface area contributed by atoms with E-state index in [0.717, 1.165) is 0 Å². The molecule has 0 amide bonds. The number of hydrogen-bond acceptors (Lipinski definition) is 1. The first-order chi connectivity index (χ1) is 22.5. The van der Waals surface area contributed by atoms with Crippen molar-refractivity contribution in [2.45, 2.75) is 97.8 Å². The van der Waals surface area contributed by atoms with Crippen LogP contribution in [-0.2, 0) is 21.7 Å². The molecule has 48 heavy (non-hydrogen) atoms. The molecule has 5 aromatic carbocycles. The second-order valence-corrected chi connectivity index (χ2v) is 18.3. The number of aryl methyl sites for hydroxylation is 1. The van der Waals surface area contributed by atoms with Gasteiger partial charge in [0, 0.05) is 27.9 Å². The predicted molar refractivity (Wildman–Crippen MR) is 210 cm³/mol. The minimum Gasteiger partial charge on any atom is -0.312 e. The van der Waals surface area contributed by atoms with E-state index in [1.165, 1.54) is 88.8 Å². The summed E-state index contributed by atoms with van der Waals surface area (Å²) in [7, 11) is 0. The quantitative estimate of drug-likeness (QED) is 0.165. The van der Waals surface area contributed by atoms with E-state index in [1.54, 1.807) is 0 Å². The van der Waals surface area contributed by atoms with E-state index in [-0.39, 0.29) is 35.1 Å². The summed E-state index contributed by atoms with van der Waals surface area (Å²) in [6.45, 7) is 26.8. The van der Waals surface area contributed by atoms with Crippen LogP contribution >= 0.6 is 0 Å². The van der Waals surface area contributed by atoms with E-state index < -0.39 is 0 Å². The molecule has 0 fully saturated rings. The highest BCUT2D eigenvalue weighted by atomic mass is 15.2. The third-order valence-electron chi connectivity index (χ3n) is 12.5. The fraction of sp³-hybridized carbons (Fsp3) is 0.333. The van der Waals surface area contributed by atoms with Crippen LogP contribution in [0.25, 0.3) is 0 Å². The molecule has 4 heterocycles. The molecule has 4 aliphatic heterocycles. The maximum atomic E-state index is 2.74. The number of rotatable bonds is 0. The van der Waals surface area contributed by atoms with Crippen molar-refractivity contribution in [2.75, 3.05) is 4.90 Å². The zero-order chi connectivity index (χ0) is 33.9.